The number of fused-ring (bicyclic) bond motifs is 1. The van der Waals surface area contributed by atoms with E-state index in [1.165, 1.54) is 11.1 Å². The number of hydrogen-bond acceptors (Lipinski definition) is 2. The summed E-state index contributed by atoms with van der Waals surface area (Å²) in [4.78, 5) is 16.2. The second-order valence-corrected chi connectivity index (χ2v) is 5.40. The maximum atomic E-state index is 12.1. The molecule has 0 fully saturated rings. The van der Waals surface area contributed by atoms with Crippen molar-refractivity contribution in [1.29, 1.82) is 0 Å². The van der Waals surface area contributed by atoms with Crippen LogP contribution >= 0.6 is 0 Å². The summed E-state index contributed by atoms with van der Waals surface area (Å²) in [6.45, 7) is 5.47. The van der Waals surface area contributed by atoms with Gasteiger partial charge >= 0.3 is 0 Å². The number of unbranched alkanes of at least 4 members (excludes halogenated alkanes) is 1. The zero-order valence-electron chi connectivity index (χ0n) is 12.1. The quantitative estimate of drug-likeness (QED) is 0.811. The topological polar surface area (TPSA) is 23.6 Å². The first-order valence-corrected chi connectivity index (χ1v) is 7.23. The monoisotopic (exact) mass is 260 g/mol. The van der Waals surface area contributed by atoms with Crippen molar-refractivity contribution in [2.24, 2.45) is 0 Å². The molecule has 0 aliphatic carbocycles. The van der Waals surface area contributed by atoms with Crippen molar-refractivity contribution >= 4 is 5.91 Å². The second-order valence-electron chi connectivity index (χ2n) is 5.40. The SMILES string of the molecule is CCCCN(C)C(=O)CN1CCc2ccccc2C1. The van der Waals surface area contributed by atoms with E-state index in [4.69, 9.17) is 0 Å². The lowest BCUT2D eigenvalue weighted by molar-refractivity contribution is -0.131. The number of carbonyl (C=O) groups is 1. The molecule has 0 unspecified atom stereocenters. The molecule has 0 spiro atoms. The van der Waals surface area contributed by atoms with E-state index in [1.54, 1.807) is 0 Å². The Morgan fingerprint density at radius 1 is 1.32 bits per heavy atom. The highest BCUT2D eigenvalue weighted by Gasteiger charge is 2.19. The lowest BCUT2D eigenvalue weighted by atomic mass is 10.00. The first kappa shape index (κ1) is 14.1. The highest BCUT2D eigenvalue weighted by Crippen LogP contribution is 2.18. The van der Waals surface area contributed by atoms with Crippen molar-refractivity contribution in [3.63, 3.8) is 0 Å². The molecule has 1 aromatic rings. The van der Waals surface area contributed by atoms with E-state index < -0.39 is 0 Å². The average molecular weight is 260 g/mol. The average Bonchev–Trinajstić information content (AvgIpc) is 2.44. The number of nitrogens with zero attached hydrogens (tertiary/aromatic N) is 2. The fraction of sp³-hybridized carbons (Fsp3) is 0.562. The zero-order valence-corrected chi connectivity index (χ0v) is 12.1. The summed E-state index contributed by atoms with van der Waals surface area (Å²) in [5.41, 5.74) is 2.81. The smallest absolute Gasteiger partial charge is 0.236 e. The van der Waals surface area contributed by atoms with Crippen LogP contribution in [0.1, 0.15) is 30.9 Å². The summed E-state index contributed by atoms with van der Waals surface area (Å²) in [6.07, 6.45) is 3.28. The molecule has 0 bridgehead atoms. The van der Waals surface area contributed by atoms with E-state index in [0.717, 1.165) is 38.9 Å². The van der Waals surface area contributed by atoms with Crippen LogP contribution in [0.15, 0.2) is 24.3 Å². The fourth-order valence-corrected chi connectivity index (χ4v) is 2.52. The van der Waals surface area contributed by atoms with Crippen molar-refractivity contribution < 1.29 is 4.79 Å². The van der Waals surface area contributed by atoms with E-state index in [1.807, 2.05) is 11.9 Å². The predicted octanol–water partition coefficient (Wildman–Crippen LogP) is 2.30. The van der Waals surface area contributed by atoms with Crippen LogP contribution in [0.2, 0.25) is 0 Å². The van der Waals surface area contributed by atoms with Crippen LogP contribution in [0.5, 0.6) is 0 Å². The summed E-state index contributed by atoms with van der Waals surface area (Å²) in [6, 6.07) is 8.55. The Balaban J connectivity index is 1.86. The van der Waals surface area contributed by atoms with Gasteiger partial charge in [0.15, 0.2) is 0 Å². The van der Waals surface area contributed by atoms with Gasteiger partial charge in [-0.2, -0.15) is 0 Å². The molecule has 0 N–H and O–H groups in total. The highest BCUT2D eigenvalue weighted by atomic mass is 16.2. The molecule has 104 valence electrons. The van der Waals surface area contributed by atoms with Crippen LogP contribution in [-0.2, 0) is 17.8 Å². The van der Waals surface area contributed by atoms with E-state index in [0.29, 0.717) is 6.54 Å². The van der Waals surface area contributed by atoms with Crippen LogP contribution in [0.3, 0.4) is 0 Å². The summed E-state index contributed by atoms with van der Waals surface area (Å²) in [5, 5.41) is 0. The van der Waals surface area contributed by atoms with Gasteiger partial charge in [-0.3, -0.25) is 9.69 Å². The van der Waals surface area contributed by atoms with Gasteiger partial charge in [0.25, 0.3) is 0 Å². The van der Waals surface area contributed by atoms with Gasteiger partial charge in [-0.25, -0.2) is 0 Å². The molecule has 1 amide bonds. The largest absolute Gasteiger partial charge is 0.345 e. The van der Waals surface area contributed by atoms with Crippen LogP contribution in [0.25, 0.3) is 0 Å². The third kappa shape index (κ3) is 3.80. The Labute approximate surface area is 116 Å². The molecule has 19 heavy (non-hydrogen) atoms. The predicted molar refractivity (Wildman–Crippen MR) is 78.0 cm³/mol. The molecule has 1 aromatic carbocycles. The normalized spacial score (nSPS) is 15.1. The first-order valence-electron chi connectivity index (χ1n) is 7.23. The molecule has 1 heterocycles. The van der Waals surface area contributed by atoms with Gasteiger partial charge in [-0.1, -0.05) is 37.6 Å². The number of amides is 1. The highest BCUT2D eigenvalue weighted by molar-refractivity contribution is 5.78. The molecule has 0 saturated carbocycles. The maximum Gasteiger partial charge on any atom is 0.236 e. The fourth-order valence-electron chi connectivity index (χ4n) is 2.52. The summed E-state index contributed by atoms with van der Waals surface area (Å²) < 4.78 is 0. The molecule has 0 aromatic heterocycles. The van der Waals surface area contributed by atoms with Crippen LogP contribution < -0.4 is 0 Å². The minimum absolute atomic E-state index is 0.243. The van der Waals surface area contributed by atoms with Gasteiger partial charge in [0.1, 0.15) is 0 Å². The third-order valence-corrected chi connectivity index (χ3v) is 3.84. The van der Waals surface area contributed by atoms with Crippen molar-refractivity contribution in [3.05, 3.63) is 35.4 Å². The van der Waals surface area contributed by atoms with Crippen LogP contribution in [-0.4, -0.2) is 42.4 Å². The molecular formula is C16H24N2O. The molecule has 0 atom stereocenters. The Morgan fingerprint density at radius 3 is 2.79 bits per heavy atom. The van der Waals surface area contributed by atoms with Crippen molar-refractivity contribution in [2.45, 2.75) is 32.7 Å². The van der Waals surface area contributed by atoms with Gasteiger partial charge in [-0.05, 0) is 24.0 Å². The number of benzene rings is 1. The van der Waals surface area contributed by atoms with Crippen LogP contribution in [0, 0.1) is 0 Å². The Bertz CT molecular complexity index is 431. The minimum Gasteiger partial charge on any atom is -0.345 e. The Hall–Kier alpha value is -1.35. The van der Waals surface area contributed by atoms with Gasteiger partial charge < -0.3 is 4.90 Å². The molecule has 2 rings (SSSR count). The van der Waals surface area contributed by atoms with Gasteiger partial charge in [0, 0.05) is 26.7 Å². The van der Waals surface area contributed by atoms with E-state index in [-0.39, 0.29) is 5.91 Å². The first-order chi connectivity index (χ1) is 9.20. The maximum absolute atomic E-state index is 12.1. The van der Waals surface area contributed by atoms with Crippen LogP contribution in [0.4, 0.5) is 0 Å². The second kappa shape index (κ2) is 6.71. The summed E-state index contributed by atoms with van der Waals surface area (Å²) >= 11 is 0. The van der Waals surface area contributed by atoms with E-state index in [2.05, 4.69) is 36.1 Å². The summed E-state index contributed by atoms with van der Waals surface area (Å²) in [7, 11) is 1.91. The Morgan fingerprint density at radius 2 is 2.05 bits per heavy atom. The lowest BCUT2D eigenvalue weighted by Gasteiger charge is -2.29. The standard InChI is InChI=1S/C16H24N2O/c1-3-4-10-17(2)16(19)13-18-11-9-14-7-5-6-8-15(14)12-18/h5-8H,3-4,9-13H2,1-2H3. The number of carbonyl (C=O) groups excluding carboxylic acids is 1. The molecule has 1 aliphatic heterocycles. The Kier molecular flexibility index (Phi) is 4.97. The number of rotatable bonds is 5. The zero-order chi connectivity index (χ0) is 13.7. The third-order valence-electron chi connectivity index (χ3n) is 3.84. The molecule has 3 nitrogen and oxygen atoms in total. The molecular weight excluding hydrogens is 236 g/mol. The lowest BCUT2D eigenvalue weighted by Crippen LogP contribution is -2.41. The van der Waals surface area contributed by atoms with Gasteiger partial charge in [-0.15, -0.1) is 0 Å². The van der Waals surface area contributed by atoms with Gasteiger partial charge in [0.05, 0.1) is 6.54 Å². The molecule has 0 saturated heterocycles. The molecule has 3 heteroatoms. The molecule has 1 aliphatic rings. The van der Waals surface area contributed by atoms with E-state index >= 15 is 0 Å². The molecule has 0 radical (unpaired) electrons. The number of likely N-dealkylation sites (N-methyl/N-ethyl adjacent to an activating group) is 1. The van der Waals surface area contributed by atoms with Gasteiger partial charge in [0.2, 0.25) is 5.91 Å². The van der Waals surface area contributed by atoms with E-state index in [9.17, 15) is 4.79 Å². The van der Waals surface area contributed by atoms with Crippen molar-refractivity contribution in [2.75, 3.05) is 26.7 Å². The minimum atomic E-state index is 0.243. The van der Waals surface area contributed by atoms with Crippen molar-refractivity contribution in [1.82, 2.24) is 9.80 Å². The van der Waals surface area contributed by atoms with Crippen molar-refractivity contribution in [3.8, 4) is 0 Å². The summed E-state index contributed by atoms with van der Waals surface area (Å²) in [5.74, 6) is 0.243. The number of hydrogen-bond donors (Lipinski definition) is 0.